The zero-order chi connectivity index (χ0) is 23.6. The number of likely N-dealkylation sites (N-methyl/N-ethyl adjacent to an activating group) is 1. The number of anilines is 1. The van der Waals surface area contributed by atoms with Crippen LogP contribution in [0.1, 0.15) is 45.0 Å². The second-order valence-electron chi connectivity index (χ2n) is 9.45. The number of benzene rings is 1. The summed E-state index contributed by atoms with van der Waals surface area (Å²) in [5, 5.41) is 3.07. The van der Waals surface area contributed by atoms with Crippen LogP contribution in [0.2, 0.25) is 0 Å². The molecule has 8 heteroatoms. The van der Waals surface area contributed by atoms with Gasteiger partial charge >= 0.3 is 0 Å². The standard InChI is InChI=1S/C24H37N5O3/c1-6-27(7-2)12-13-29-19-11-9-8-10-17(19)21(30)26-24(5)15-28(14-18(24)22(29)31)23(32)20(25)16(3)4/h8-11,16,18,20H,6-7,12-15,25H2,1-5H3,(H,26,30)/t18-,20?,24-/m0/s1. The van der Waals surface area contributed by atoms with Gasteiger partial charge in [0.2, 0.25) is 11.8 Å². The summed E-state index contributed by atoms with van der Waals surface area (Å²) in [4.78, 5) is 45.8. The second kappa shape index (κ2) is 9.58. The van der Waals surface area contributed by atoms with E-state index >= 15 is 0 Å². The number of nitrogens with two attached hydrogens (primary N) is 1. The minimum absolute atomic E-state index is 0.0105. The normalized spacial score (nSPS) is 24.2. The monoisotopic (exact) mass is 443 g/mol. The minimum atomic E-state index is -0.860. The average molecular weight is 444 g/mol. The molecule has 1 saturated heterocycles. The van der Waals surface area contributed by atoms with Gasteiger partial charge in [-0.2, -0.15) is 0 Å². The third-order valence-corrected chi connectivity index (χ3v) is 6.94. The molecule has 8 nitrogen and oxygen atoms in total. The first-order chi connectivity index (χ1) is 15.1. The molecule has 0 bridgehead atoms. The van der Waals surface area contributed by atoms with Crippen molar-refractivity contribution in [3.63, 3.8) is 0 Å². The van der Waals surface area contributed by atoms with Crippen molar-refractivity contribution in [1.29, 1.82) is 0 Å². The van der Waals surface area contributed by atoms with Gasteiger partial charge in [-0.3, -0.25) is 14.4 Å². The lowest BCUT2D eigenvalue weighted by Crippen LogP contribution is -2.59. The van der Waals surface area contributed by atoms with Crippen molar-refractivity contribution in [2.45, 2.75) is 46.2 Å². The summed E-state index contributed by atoms with van der Waals surface area (Å²) in [5.74, 6) is -1.03. The Morgan fingerprint density at radius 3 is 2.53 bits per heavy atom. The summed E-state index contributed by atoms with van der Waals surface area (Å²) >= 11 is 0. The summed E-state index contributed by atoms with van der Waals surface area (Å²) in [6, 6.07) is 6.59. The van der Waals surface area contributed by atoms with E-state index in [9.17, 15) is 14.4 Å². The van der Waals surface area contributed by atoms with Crippen molar-refractivity contribution in [3.8, 4) is 0 Å². The molecule has 176 valence electrons. The van der Waals surface area contributed by atoms with Crippen LogP contribution in [-0.4, -0.2) is 78.4 Å². The molecule has 32 heavy (non-hydrogen) atoms. The van der Waals surface area contributed by atoms with Gasteiger partial charge in [0.25, 0.3) is 5.91 Å². The molecule has 3 atom stereocenters. The molecule has 0 saturated carbocycles. The fraction of sp³-hybridized carbons (Fsp3) is 0.625. The minimum Gasteiger partial charge on any atom is -0.344 e. The Labute approximate surface area is 191 Å². The molecule has 2 heterocycles. The summed E-state index contributed by atoms with van der Waals surface area (Å²) < 4.78 is 0. The molecule has 1 unspecified atom stereocenters. The molecule has 1 aromatic carbocycles. The number of nitrogens with one attached hydrogen (secondary N) is 1. The first-order valence-corrected chi connectivity index (χ1v) is 11.6. The molecule has 3 amide bonds. The van der Waals surface area contributed by atoms with Gasteiger partial charge in [-0.1, -0.05) is 39.8 Å². The highest BCUT2D eigenvalue weighted by atomic mass is 16.2. The SMILES string of the molecule is CCN(CC)CCN1C(=O)[C@@H]2CN(C(=O)C(N)C(C)C)C[C@]2(C)NC(=O)c2ccccc21. The third kappa shape index (κ3) is 4.52. The molecule has 2 aliphatic rings. The lowest BCUT2D eigenvalue weighted by atomic mass is 9.86. The number of amides is 3. The predicted molar refractivity (Wildman–Crippen MR) is 125 cm³/mol. The lowest BCUT2D eigenvalue weighted by molar-refractivity contribution is -0.132. The van der Waals surface area contributed by atoms with Crippen molar-refractivity contribution in [3.05, 3.63) is 29.8 Å². The molecule has 3 N–H and O–H groups in total. The lowest BCUT2D eigenvalue weighted by Gasteiger charge is -2.38. The first-order valence-electron chi connectivity index (χ1n) is 11.6. The predicted octanol–water partition coefficient (Wildman–Crippen LogP) is 1.31. The molecular formula is C24H37N5O3. The number of carbonyl (C=O) groups is 3. The van der Waals surface area contributed by atoms with E-state index in [1.54, 1.807) is 21.9 Å². The zero-order valence-electron chi connectivity index (χ0n) is 19.9. The largest absolute Gasteiger partial charge is 0.344 e. The van der Waals surface area contributed by atoms with Crippen LogP contribution >= 0.6 is 0 Å². The molecule has 1 aromatic rings. The van der Waals surface area contributed by atoms with Crippen molar-refractivity contribution < 1.29 is 14.4 Å². The Hall–Kier alpha value is -2.45. The maximum atomic E-state index is 13.9. The molecular weight excluding hydrogens is 406 g/mol. The molecule has 1 fully saturated rings. The van der Waals surface area contributed by atoms with Gasteiger partial charge in [-0.25, -0.2) is 0 Å². The smallest absolute Gasteiger partial charge is 0.253 e. The average Bonchev–Trinajstić information content (AvgIpc) is 3.11. The topological polar surface area (TPSA) is 99.0 Å². The second-order valence-corrected chi connectivity index (χ2v) is 9.45. The van der Waals surface area contributed by atoms with E-state index in [4.69, 9.17) is 5.73 Å². The van der Waals surface area contributed by atoms with Crippen molar-refractivity contribution in [2.75, 3.05) is 44.2 Å². The summed E-state index contributed by atoms with van der Waals surface area (Å²) in [7, 11) is 0. The van der Waals surface area contributed by atoms with Crippen molar-refractivity contribution >= 4 is 23.4 Å². The van der Waals surface area contributed by atoms with Crippen LogP contribution in [0, 0.1) is 11.8 Å². The Kier molecular flexibility index (Phi) is 7.25. The van der Waals surface area contributed by atoms with Crippen LogP contribution in [0.25, 0.3) is 0 Å². The number of rotatable bonds is 7. The van der Waals surface area contributed by atoms with E-state index in [1.165, 1.54) is 0 Å². The van der Waals surface area contributed by atoms with Crippen LogP contribution in [0.3, 0.4) is 0 Å². The van der Waals surface area contributed by atoms with Crippen molar-refractivity contribution in [1.82, 2.24) is 15.1 Å². The van der Waals surface area contributed by atoms with Crippen molar-refractivity contribution in [2.24, 2.45) is 17.6 Å². The van der Waals surface area contributed by atoms with Crippen LogP contribution in [0.15, 0.2) is 24.3 Å². The fourth-order valence-electron chi connectivity index (χ4n) is 4.68. The third-order valence-electron chi connectivity index (χ3n) is 6.94. The highest BCUT2D eigenvalue weighted by molar-refractivity contribution is 6.08. The van der Waals surface area contributed by atoms with Gasteiger partial charge in [-0.15, -0.1) is 0 Å². The molecule has 2 aliphatic heterocycles. The molecule has 3 rings (SSSR count). The number of nitrogens with zero attached hydrogens (tertiary/aromatic N) is 3. The van der Waals surface area contributed by atoms with Gasteiger partial charge in [-0.05, 0) is 38.1 Å². The van der Waals surface area contributed by atoms with Crippen LogP contribution in [-0.2, 0) is 9.59 Å². The van der Waals surface area contributed by atoms with Crippen LogP contribution in [0.4, 0.5) is 5.69 Å². The summed E-state index contributed by atoms with van der Waals surface area (Å²) in [5.41, 5.74) is 6.36. The Morgan fingerprint density at radius 1 is 1.25 bits per heavy atom. The first kappa shape index (κ1) is 24.2. The van der Waals surface area contributed by atoms with Gasteiger partial charge in [0.15, 0.2) is 0 Å². The van der Waals surface area contributed by atoms with Crippen LogP contribution in [0.5, 0.6) is 0 Å². The number of hydrogen-bond donors (Lipinski definition) is 2. The molecule has 0 aromatic heterocycles. The van der Waals surface area contributed by atoms with Gasteiger partial charge in [0.05, 0.1) is 28.7 Å². The molecule has 0 spiro atoms. The highest BCUT2D eigenvalue weighted by Gasteiger charge is 2.52. The van der Waals surface area contributed by atoms with E-state index in [1.807, 2.05) is 32.9 Å². The number of carbonyl (C=O) groups excluding carboxylic acids is 3. The number of likely N-dealkylation sites (tertiary alicyclic amines) is 1. The summed E-state index contributed by atoms with van der Waals surface area (Å²) in [6.45, 7) is 13.3. The highest BCUT2D eigenvalue weighted by Crippen LogP contribution is 2.35. The molecule has 0 radical (unpaired) electrons. The van der Waals surface area contributed by atoms with Gasteiger partial charge in [0, 0.05) is 26.2 Å². The van der Waals surface area contributed by atoms with E-state index < -0.39 is 17.5 Å². The van der Waals surface area contributed by atoms with Gasteiger partial charge in [0.1, 0.15) is 0 Å². The van der Waals surface area contributed by atoms with E-state index in [2.05, 4.69) is 24.1 Å². The number of fused-ring (bicyclic) bond motifs is 2. The Morgan fingerprint density at radius 2 is 1.91 bits per heavy atom. The number of hydrogen-bond acceptors (Lipinski definition) is 5. The Balaban J connectivity index is 1.97. The van der Waals surface area contributed by atoms with E-state index in [0.717, 1.165) is 13.1 Å². The van der Waals surface area contributed by atoms with Crippen LogP contribution < -0.4 is 16.0 Å². The van der Waals surface area contributed by atoms with Gasteiger partial charge < -0.3 is 25.8 Å². The zero-order valence-corrected chi connectivity index (χ0v) is 19.9. The molecule has 0 aliphatic carbocycles. The Bertz CT molecular complexity index is 869. The maximum Gasteiger partial charge on any atom is 0.253 e. The van der Waals surface area contributed by atoms with E-state index in [-0.39, 0.29) is 36.7 Å². The maximum absolute atomic E-state index is 13.9. The number of para-hydroxylation sites is 1. The quantitative estimate of drug-likeness (QED) is 0.662. The summed E-state index contributed by atoms with van der Waals surface area (Å²) in [6.07, 6.45) is 0. The van der Waals surface area contributed by atoms with E-state index in [0.29, 0.717) is 24.3 Å². The fourth-order valence-corrected chi connectivity index (χ4v) is 4.68.